The first-order valence-electron chi connectivity index (χ1n) is 16.7. The zero-order valence-corrected chi connectivity index (χ0v) is 26.6. The van der Waals surface area contributed by atoms with Gasteiger partial charge in [-0.15, -0.1) is 0 Å². The van der Waals surface area contributed by atoms with E-state index in [9.17, 15) is 0 Å². The van der Waals surface area contributed by atoms with Gasteiger partial charge in [-0.05, 0) is 45.8 Å². The van der Waals surface area contributed by atoms with E-state index < -0.39 is 0 Å². The van der Waals surface area contributed by atoms with Crippen LogP contribution in [0.25, 0.3) is 93.7 Å². The van der Waals surface area contributed by atoms with Crippen molar-refractivity contribution in [1.82, 2.24) is 14.5 Å². The van der Waals surface area contributed by atoms with Gasteiger partial charge in [0.1, 0.15) is 0 Å². The summed E-state index contributed by atoms with van der Waals surface area (Å²) in [6, 6.07) is 62.5. The van der Waals surface area contributed by atoms with Crippen LogP contribution in [-0.4, -0.2) is 14.5 Å². The number of para-hydroxylation sites is 1. The summed E-state index contributed by atoms with van der Waals surface area (Å²) in [4.78, 5) is 10.3. The average molecular weight is 624 g/mol. The van der Waals surface area contributed by atoms with Gasteiger partial charge in [0.15, 0.2) is 5.82 Å². The molecule has 49 heavy (non-hydrogen) atoms. The van der Waals surface area contributed by atoms with E-state index in [1.54, 1.807) is 0 Å². The van der Waals surface area contributed by atoms with Crippen molar-refractivity contribution in [3.8, 4) is 39.6 Å². The highest BCUT2D eigenvalue weighted by Gasteiger charge is 2.20. The molecule has 0 aliphatic carbocycles. The molecule has 0 fully saturated rings. The van der Waals surface area contributed by atoms with Gasteiger partial charge < -0.3 is 4.57 Å². The molecular formula is C46H29N3. The highest BCUT2D eigenvalue weighted by molar-refractivity contribution is 6.36. The normalized spacial score (nSPS) is 11.7. The third-order valence-electron chi connectivity index (χ3n) is 9.75. The molecule has 2 heterocycles. The lowest BCUT2D eigenvalue weighted by atomic mass is 9.93. The Labute approximate surface area is 283 Å². The smallest absolute Gasteiger partial charge is 0.160 e. The zero-order chi connectivity index (χ0) is 32.3. The van der Waals surface area contributed by atoms with E-state index in [2.05, 4.69) is 168 Å². The van der Waals surface area contributed by atoms with Crippen molar-refractivity contribution in [1.29, 1.82) is 0 Å². The van der Waals surface area contributed by atoms with Crippen LogP contribution in [0.3, 0.4) is 0 Å². The molecule has 0 radical (unpaired) electrons. The maximum Gasteiger partial charge on any atom is 0.160 e. The van der Waals surface area contributed by atoms with E-state index in [1.165, 1.54) is 54.1 Å². The summed E-state index contributed by atoms with van der Waals surface area (Å²) < 4.78 is 2.44. The van der Waals surface area contributed by atoms with Gasteiger partial charge in [0.25, 0.3) is 0 Å². The third kappa shape index (κ3) is 4.37. The van der Waals surface area contributed by atoms with Crippen LogP contribution in [0.5, 0.6) is 0 Å². The first-order valence-corrected chi connectivity index (χ1v) is 16.7. The molecule has 0 bridgehead atoms. The maximum absolute atomic E-state index is 5.15. The molecule has 10 aromatic rings. The van der Waals surface area contributed by atoms with Gasteiger partial charge in [0.2, 0.25) is 0 Å². The van der Waals surface area contributed by atoms with Gasteiger partial charge in [0, 0.05) is 43.9 Å². The van der Waals surface area contributed by atoms with Crippen molar-refractivity contribution >= 4 is 54.1 Å². The van der Waals surface area contributed by atoms with Crippen LogP contribution in [0.15, 0.2) is 176 Å². The van der Waals surface area contributed by atoms with Crippen LogP contribution in [0.4, 0.5) is 0 Å². The molecular weight excluding hydrogens is 595 g/mol. The zero-order valence-electron chi connectivity index (χ0n) is 26.6. The Hall–Kier alpha value is -6.58. The van der Waals surface area contributed by atoms with Crippen molar-refractivity contribution in [3.05, 3.63) is 176 Å². The number of fused-ring (bicyclic) bond motifs is 10. The number of benzene rings is 8. The molecule has 0 spiro atoms. The summed E-state index contributed by atoms with van der Waals surface area (Å²) in [5, 5.41) is 10.1. The topological polar surface area (TPSA) is 30.7 Å². The first-order chi connectivity index (χ1) is 24.3. The summed E-state index contributed by atoms with van der Waals surface area (Å²) in [5.74, 6) is 0.698. The Morgan fingerprint density at radius 2 is 0.959 bits per heavy atom. The molecule has 3 nitrogen and oxygen atoms in total. The highest BCUT2D eigenvalue weighted by atomic mass is 15.0. The third-order valence-corrected chi connectivity index (χ3v) is 9.75. The Kier molecular flexibility index (Phi) is 6.18. The molecule has 8 aromatic carbocycles. The molecule has 0 saturated carbocycles. The molecule has 0 atom stereocenters. The van der Waals surface area contributed by atoms with Gasteiger partial charge >= 0.3 is 0 Å². The van der Waals surface area contributed by atoms with E-state index in [0.29, 0.717) is 5.82 Å². The second kappa shape index (κ2) is 11.0. The number of aromatic nitrogens is 3. The van der Waals surface area contributed by atoms with Crippen LogP contribution >= 0.6 is 0 Å². The van der Waals surface area contributed by atoms with E-state index >= 15 is 0 Å². The van der Waals surface area contributed by atoms with Crippen molar-refractivity contribution < 1.29 is 0 Å². The number of rotatable bonds is 4. The summed E-state index contributed by atoms with van der Waals surface area (Å²) in [5.41, 5.74) is 8.34. The summed E-state index contributed by atoms with van der Waals surface area (Å²) >= 11 is 0. The molecule has 10 rings (SSSR count). The van der Waals surface area contributed by atoms with Gasteiger partial charge in [-0.3, -0.25) is 0 Å². The van der Waals surface area contributed by atoms with Crippen LogP contribution in [0.1, 0.15) is 0 Å². The lowest BCUT2D eigenvalue weighted by Crippen LogP contribution is -1.98. The summed E-state index contributed by atoms with van der Waals surface area (Å²) in [6.07, 6.45) is 0. The largest absolute Gasteiger partial charge is 0.309 e. The van der Waals surface area contributed by atoms with Crippen molar-refractivity contribution in [2.24, 2.45) is 0 Å². The minimum Gasteiger partial charge on any atom is -0.309 e. The Morgan fingerprint density at radius 3 is 1.69 bits per heavy atom. The fraction of sp³-hybridized carbons (Fsp3) is 0. The number of nitrogens with zero attached hydrogens (tertiary/aromatic N) is 3. The number of hydrogen-bond acceptors (Lipinski definition) is 2. The molecule has 228 valence electrons. The Morgan fingerprint density at radius 1 is 0.367 bits per heavy atom. The average Bonchev–Trinajstić information content (AvgIpc) is 3.54. The van der Waals surface area contributed by atoms with Crippen LogP contribution < -0.4 is 0 Å². The molecule has 0 aliphatic rings. The minimum atomic E-state index is 0.698. The van der Waals surface area contributed by atoms with Gasteiger partial charge in [-0.25, -0.2) is 9.97 Å². The van der Waals surface area contributed by atoms with E-state index in [4.69, 9.17) is 9.97 Å². The summed E-state index contributed by atoms with van der Waals surface area (Å²) in [6.45, 7) is 0. The fourth-order valence-corrected chi connectivity index (χ4v) is 7.58. The molecule has 0 saturated heterocycles. The predicted molar refractivity (Wildman–Crippen MR) is 205 cm³/mol. The van der Waals surface area contributed by atoms with Crippen molar-refractivity contribution in [2.75, 3.05) is 0 Å². The van der Waals surface area contributed by atoms with E-state index in [0.717, 1.165) is 33.8 Å². The van der Waals surface area contributed by atoms with E-state index in [1.807, 2.05) is 12.1 Å². The first kappa shape index (κ1) is 27.5. The van der Waals surface area contributed by atoms with Crippen LogP contribution in [0, 0.1) is 0 Å². The lowest BCUT2D eigenvalue weighted by molar-refractivity contribution is 1.16. The van der Waals surface area contributed by atoms with E-state index in [-0.39, 0.29) is 0 Å². The molecule has 0 amide bonds. The molecule has 0 N–H and O–H groups in total. The molecule has 0 aliphatic heterocycles. The quantitative estimate of drug-likeness (QED) is 0.183. The van der Waals surface area contributed by atoms with Gasteiger partial charge in [-0.2, -0.15) is 0 Å². The van der Waals surface area contributed by atoms with Gasteiger partial charge in [0.05, 0.1) is 22.4 Å². The standard InChI is InChI=1S/C46H29N3/c1-3-15-31(16-4-1)40-29-41(32-17-5-2-6-18-32)48-46(47-40)33-19-13-20-34(28-33)49-42-25-12-11-24-39(42)44-43-35-21-8-7-14-30(35)26-27-37(43)36-22-9-10-23-38(36)45(44)49/h1-29H. The lowest BCUT2D eigenvalue weighted by Gasteiger charge is -2.14. The molecule has 0 unspecified atom stereocenters. The fourth-order valence-electron chi connectivity index (χ4n) is 7.58. The van der Waals surface area contributed by atoms with Crippen LogP contribution in [0.2, 0.25) is 0 Å². The monoisotopic (exact) mass is 623 g/mol. The maximum atomic E-state index is 5.15. The number of hydrogen-bond donors (Lipinski definition) is 0. The Bertz CT molecular complexity index is 2810. The highest BCUT2D eigenvalue weighted by Crippen LogP contribution is 2.45. The van der Waals surface area contributed by atoms with Crippen molar-refractivity contribution in [2.45, 2.75) is 0 Å². The minimum absolute atomic E-state index is 0.698. The van der Waals surface area contributed by atoms with Crippen molar-refractivity contribution in [3.63, 3.8) is 0 Å². The molecule has 2 aromatic heterocycles. The van der Waals surface area contributed by atoms with Gasteiger partial charge in [-0.1, -0.05) is 152 Å². The Balaban J connectivity index is 1.28. The van der Waals surface area contributed by atoms with Crippen LogP contribution in [-0.2, 0) is 0 Å². The SMILES string of the molecule is c1ccc(-c2cc(-c3ccccc3)nc(-c3cccc(-n4c5ccccc5c5c6c7ccccc7ccc6c6ccccc6c54)c3)n2)cc1. The second-order valence-corrected chi connectivity index (χ2v) is 12.6. The second-order valence-electron chi connectivity index (χ2n) is 12.6. The summed E-state index contributed by atoms with van der Waals surface area (Å²) in [7, 11) is 0. The predicted octanol–water partition coefficient (Wildman–Crippen LogP) is 12.0. The molecule has 3 heteroatoms.